The number of halogens is 1. The number of rotatable bonds is 1. The first-order chi connectivity index (χ1) is 7.22. The van der Waals surface area contributed by atoms with Gasteiger partial charge in [0.05, 0.1) is 5.69 Å². The molecule has 0 saturated heterocycles. The molecular formula is C10H7FN4. The fourth-order valence-electron chi connectivity index (χ4n) is 1.29. The van der Waals surface area contributed by atoms with Crippen LogP contribution in [0.25, 0.3) is 11.3 Å². The molecule has 15 heavy (non-hydrogen) atoms. The van der Waals surface area contributed by atoms with Gasteiger partial charge in [0.15, 0.2) is 5.82 Å². The molecule has 1 heterocycles. The second kappa shape index (κ2) is 3.42. The number of nitrogens with two attached hydrogens (primary N) is 1. The molecule has 4 nitrogen and oxygen atoms in total. The summed E-state index contributed by atoms with van der Waals surface area (Å²) in [5, 5.41) is 15.2. The molecule has 3 N–H and O–H groups in total. The lowest BCUT2D eigenvalue weighted by Gasteiger charge is -1.97. The first-order valence-corrected chi connectivity index (χ1v) is 4.22. The van der Waals surface area contributed by atoms with Crippen LogP contribution in [-0.4, -0.2) is 10.2 Å². The zero-order valence-electron chi connectivity index (χ0n) is 7.66. The Bertz CT molecular complexity index is 521. The maximum Gasteiger partial charge on any atom is 0.163 e. The normalized spacial score (nSPS) is 9.87. The van der Waals surface area contributed by atoms with Gasteiger partial charge < -0.3 is 5.73 Å². The minimum atomic E-state index is -0.329. The fraction of sp³-hybridized carbons (Fsp3) is 0. The van der Waals surface area contributed by atoms with Crippen LogP contribution in [0.4, 0.5) is 10.2 Å². The highest BCUT2D eigenvalue weighted by Gasteiger charge is 2.11. The number of hydrogen-bond acceptors (Lipinski definition) is 3. The molecule has 0 spiro atoms. The summed E-state index contributed by atoms with van der Waals surface area (Å²) in [6.45, 7) is 0. The molecule has 5 heteroatoms. The van der Waals surface area contributed by atoms with Crippen molar-refractivity contribution in [3.8, 4) is 17.3 Å². The predicted octanol–water partition coefficient (Wildman–Crippen LogP) is 1.67. The van der Waals surface area contributed by atoms with Gasteiger partial charge in [0.1, 0.15) is 17.4 Å². The van der Waals surface area contributed by atoms with Crippen LogP contribution >= 0.6 is 0 Å². The van der Waals surface area contributed by atoms with Crippen molar-refractivity contribution in [2.75, 3.05) is 5.73 Å². The van der Waals surface area contributed by atoms with E-state index in [1.807, 2.05) is 6.07 Å². The van der Waals surface area contributed by atoms with Crippen molar-refractivity contribution in [1.29, 1.82) is 5.26 Å². The highest BCUT2D eigenvalue weighted by Crippen LogP contribution is 2.24. The standard InChI is InChI=1S/C10H7FN4/c11-7-3-1-6(2-4-7)9-8(5-12)10(13)15-14-9/h1-4H,(H3,13,14,15). The summed E-state index contributed by atoms with van der Waals surface area (Å²) in [6.07, 6.45) is 0. The summed E-state index contributed by atoms with van der Waals surface area (Å²) < 4.78 is 12.7. The van der Waals surface area contributed by atoms with Crippen LogP contribution in [0.15, 0.2) is 24.3 Å². The van der Waals surface area contributed by atoms with Gasteiger partial charge in [-0.25, -0.2) is 4.39 Å². The van der Waals surface area contributed by atoms with Gasteiger partial charge in [0.2, 0.25) is 0 Å². The van der Waals surface area contributed by atoms with Crippen LogP contribution in [0.3, 0.4) is 0 Å². The average Bonchev–Trinajstić information content (AvgIpc) is 2.61. The number of aromatic amines is 1. The summed E-state index contributed by atoms with van der Waals surface area (Å²) in [6, 6.07) is 7.69. The van der Waals surface area contributed by atoms with Crippen LogP contribution in [0.5, 0.6) is 0 Å². The molecular weight excluding hydrogens is 195 g/mol. The van der Waals surface area contributed by atoms with E-state index < -0.39 is 0 Å². The van der Waals surface area contributed by atoms with Crippen molar-refractivity contribution < 1.29 is 4.39 Å². The Balaban J connectivity index is 2.55. The van der Waals surface area contributed by atoms with Crippen LogP contribution < -0.4 is 5.73 Å². The van der Waals surface area contributed by atoms with E-state index in [1.54, 1.807) is 12.1 Å². The zero-order valence-corrected chi connectivity index (χ0v) is 7.66. The van der Waals surface area contributed by atoms with E-state index >= 15 is 0 Å². The fourth-order valence-corrected chi connectivity index (χ4v) is 1.29. The molecule has 0 aliphatic carbocycles. The third-order valence-electron chi connectivity index (χ3n) is 2.04. The predicted molar refractivity (Wildman–Crippen MR) is 53.1 cm³/mol. The molecule has 0 aliphatic heterocycles. The molecule has 0 saturated carbocycles. The number of benzene rings is 1. The molecule has 2 rings (SSSR count). The molecule has 0 bridgehead atoms. The Morgan fingerprint density at radius 1 is 1.33 bits per heavy atom. The largest absolute Gasteiger partial charge is 0.381 e. The van der Waals surface area contributed by atoms with Crippen molar-refractivity contribution in [2.45, 2.75) is 0 Å². The highest BCUT2D eigenvalue weighted by molar-refractivity contribution is 5.71. The molecule has 2 aromatic rings. The molecule has 0 aliphatic rings. The Labute approximate surface area is 85.1 Å². The number of nitrogens with one attached hydrogen (secondary N) is 1. The van der Waals surface area contributed by atoms with Gasteiger partial charge in [-0.15, -0.1) is 0 Å². The number of nitriles is 1. The Morgan fingerprint density at radius 2 is 2.00 bits per heavy atom. The molecule has 1 aromatic heterocycles. The first kappa shape index (κ1) is 9.21. The maximum absolute atomic E-state index is 12.7. The van der Waals surface area contributed by atoms with Gasteiger partial charge in [0, 0.05) is 5.56 Å². The molecule has 0 unspecified atom stereocenters. The first-order valence-electron chi connectivity index (χ1n) is 4.22. The third-order valence-corrected chi connectivity index (χ3v) is 2.04. The molecule has 0 radical (unpaired) electrons. The van der Waals surface area contributed by atoms with E-state index in [0.29, 0.717) is 11.3 Å². The van der Waals surface area contributed by atoms with E-state index in [9.17, 15) is 4.39 Å². The van der Waals surface area contributed by atoms with Gasteiger partial charge in [-0.3, -0.25) is 5.10 Å². The summed E-state index contributed by atoms with van der Waals surface area (Å²) in [5.41, 5.74) is 6.95. The monoisotopic (exact) mass is 202 g/mol. The lowest BCUT2D eigenvalue weighted by molar-refractivity contribution is 0.628. The third kappa shape index (κ3) is 1.53. The second-order valence-corrected chi connectivity index (χ2v) is 2.98. The van der Waals surface area contributed by atoms with Gasteiger partial charge in [-0.05, 0) is 24.3 Å². The number of H-pyrrole nitrogens is 1. The van der Waals surface area contributed by atoms with Gasteiger partial charge in [-0.2, -0.15) is 10.4 Å². The van der Waals surface area contributed by atoms with E-state index in [-0.39, 0.29) is 17.2 Å². The molecule has 0 atom stereocenters. The maximum atomic E-state index is 12.7. The summed E-state index contributed by atoms with van der Waals surface area (Å²) in [4.78, 5) is 0. The van der Waals surface area contributed by atoms with E-state index in [4.69, 9.17) is 11.0 Å². The quantitative estimate of drug-likeness (QED) is 0.738. The summed E-state index contributed by atoms with van der Waals surface area (Å²) in [5.74, 6) is -0.179. The van der Waals surface area contributed by atoms with Crippen molar-refractivity contribution >= 4 is 5.82 Å². The Kier molecular flexibility index (Phi) is 2.10. The molecule has 0 fully saturated rings. The van der Waals surface area contributed by atoms with Crippen molar-refractivity contribution in [3.63, 3.8) is 0 Å². The topological polar surface area (TPSA) is 78.5 Å². The SMILES string of the molecule is N#Cc1c(N)n[nH]c1-c1ccc(F)cc1. The van der Waals surface area contributed by atoms with Crippen LogP contribution in [-0.2, 0) is 0 Å². The number of nitrogen functional groups attached to an aromatic ring is 1. The van der Waals surface area contributed by atoms with Crippen molar-refractivity contribution in [1.82, 2.24) is 10.2 Å². The minimum absolute atomic E-state index is 0.150. The van der Waals surface area contributed by atoms with E-state index in [2.05, 4.69) is 10.2 Å². The zero-order chi connectivity index (χ0) is 10.8. The lowest BCUT2D eigenvalue weighted by Crippen LogP contribution is -1.87. The Hall–Kier alpha value is -2.35. The highest BCUT2D eigenvalue weighted by atomic mass is 19.1. The van der Waals surface area contributed by atoms with Gasteiger partial charge >= 0.3 is 0 Å². The van der Waals surface area contributed by atoms with E-state index in [1.165, 1.54) is 12.1 Å². The van der Waals surface area contributed by atoms with Crippen molar-refractivity contribution in [3.05, 3.63) is 35.6 Å². The number of hydrogen-bond donors (Lipinski definition) is 2. The number of anilines is 1. The van der Waals surface area contributed by atoms with Crippen molar-refractivity contribution in [2.24, 2.45) is 0 Å². The second-order valence-electron chi connectivity index (χ2n) is 2.98. The van der Waals surface area contributed by atoms with Gasteiger partial charge in [-0.1, -0.05) is 0 Å². The molecule has 1 aromatic carbocycles. The minimum Gasteiger partial charge on any atom is -0.381 e. The lowest BCUT2D eigenvalue weighted by atomic mass is 10.1. The van der Waals surface area contributed by atoms with Crippen LogP contribution in [0.1, 0.15) is 5.56 Å². The average molecular weight is 202 g/mol. The van der Waals surface area contributed by atoms with Gasteiger partial charge in [0.25, 0.3) is 0 Å². The number of aromatic nitrogens is 2. The van der Waals surface area contributed by atoms with Crippen LogP contribution in [0, 0.1) is 17.1 Å². The number of nitrogens with zero attached hydrogens (tertiary/aromatic N) is 2. The molecule has 0 amide bonds. The van der Waals surface area contributed by atoms with E-state index in [0.717, 1.165) is 0 Å². The molecule has 74 valence electrons. The Morgan fingerprint density at radius 3 is 2.60 bits per heavy atom. The summed E-state index contributed by atoms with van der Waals surface area (Å²) in [7, 11) is 0. The van der Waals surface area contributed by atoms with Crippen LogP contribution in [0.2, 0.25) is 0 Å². The smallest absolute Gasteiger partial charge is 0.163 e. The summed E-state index contributed by atoms with van der Waals surface area (Å²) >= 11 is 0.